The molecule has 2 N–H and O–H groups in total. The summed E-state index contributed by atoms with van der Waals surface area (Å²) in [4.78, 5) is 40.2. The Bertz CT molecular complexity index is 781. The molecule has 0 aliphatic carbocycles. The summed E-state index contributed by atoms with van der Waals surface area (Å²) >= 11 is 0. The fraction of sp³-hybridized carbons (Fsp3) is 0.267. The van der Waals surface area contributed by atoms with E-state index < -0.39 is 17.9 Å². The summed E-state index contributed by atoms with van der Waals surface area (Å²) < 4.78 is 0. The van der Waals surface area contributed by atoms with E-state index in [4.69, 9.17) is 5.11 Å². The fourth-order valence-corrected chi connectivity index (χ4v) is 2.75. The van der Waals surface area contributed by atoms with E-state index in [1.807, 2.05) is 0 Å². The van der Waals surface area contributed by atoms with E-state index in [-0.39, 0.29) is 11.0 Å². The molecular formula is C15H14N2O4. The second kappa shape index (κ2) is 5.05. The number of carboxylic acid groups (broad SMARTS) is 1. The van der Waals surface area contributed by atoms with Gasteiger partial charge in [-0.15, -0.1) is 0 Å². The van der Waals surface area contributed by atoms with Crippen LogP contribution < -0.4 is 5.43 Å². The van der Waals surface area contributed by atoms with E-state index in [1.165, 1.54) is 11.1 Å². The van der Waals surface area contributed by atoms with Gasteiger partial charge in [0, 0.05) is 23.6 Å². The third kappa shape index (κ3) is 2.18. The third-order valence-electron chi connectivity index (χ3n) is 3.82. The van der Waals surface area contributed by atoms with Crippen molar-refractivity contribution >= 4 is 22.8 Å². The van der Waals surface area contributed by atoms with E-state index in [9.17, 15) is 14.4 Å². The summed E-state index contributed by atoms with van der Waals surface area (Å²) in [6, 6.07) is 6.07. The number of rotatable bonds is 2. The Morgan fingerprint density at radius 3 is 2.81 bits per heavy atom. The molecule has 2 aromatic rings. The number of aliphatic carboxylic acids is 1. The van der Waals surface area contributed by atoms with Crippen molar-refractivity contribution in [3.05, 3.63) is 46.2 Å². The minimum atomic E-state index is -1.03. The number of likely N-dealkylation sites (tertiary alicyclic amines) is 1. The van der Waals surface area contributed by atoms with Crippen molar-refractivity contribution in [3.8, 4) is 0 Å². The lowest BCUT2D eigenvalue weighted by atomic mass is 10.1. The predicted octanol–water partition coefficient (Wildman–Crippen LogP) is 1.22. The van der Waals surface area contributed by atoms with Crippen LogP contribution in [0.1, 0.15) is 23.2 Å². The summed E-state index contributed by atoms with van der Waals surface area (Å²) in [7, 11) is 0. The van der Waals surface area contributed by atoms with Crippen molar-refractivity contribution in [2.45, 2.75) is 18.9 Å². The molecule has 1 unspecified atom stereocenters. The van der Waals surface area contributed by atoms with Gasteiger partial charge in [-0.1, -0.05) is 12.1 Å². The number of pyridine rings is 1. The number of amides is 1. The number of fused-ring (bicyclic) bond motifs is 1. The SMILES string of the molecule is O=C(O)C1CCCN1C(=O)c1c[nH]c2ccccc2c1=O. The minimum Gasteiger partial charge on any atom is -0.480 e. The Balaban J connectivity index is 2.04. The smallest absolute Gasteiger partial charge is 0.326 e. The van der Waals surface area contributed by atoms with Crippen LogP contribution in [0.4, 0.5) is 0 Å². The maximum absolute atomic E-state index is 12.5. The molecule has 1 saturated heterocycles. The predicted molar refractivity (Wildman–Crippen MR) is 76.3 cm³/mol. The number of carbonyl (C=O) groups excluding carboxylic acids is 1. The maximum atomic E-state index is 12.5. The molecule has 6 nitrogen and oxygen atoms in total. The lowest BCUT2D eigenvalue weighted by Gasteiger charge is -2.21. The zero-order chi connectivity index (χ0) is 15.0. The molecule has 1 aliphatic rings. The van der Waals surface area contributed by atoms with Crippen LogP contribution in [-0.2, 0) is 4.79 Å². The van der Waals surface area contributed by atoms with Gasteiger partial charge < -0.3 is 15.0 Å². The summed E-state index contributed by atoms with van der Waals surface area (Å²) in [6.45, 7) is 0.363. The van der Waals surface area contributed by atoms with Crippen LogP contribution in [0.25, 0.3) is 10.9 Å². The number of carbonyl (C=O) groups is 2. The lowest BCUT2D eigenvalue weighted by molar-refractivity contribution is -0.141. The Kier molecular flexibility index (Phi) is 3.21. The Morgan fingerprint density at radius 2 is 2.05 bits per heavy atom. The standard InChI is InChI=1S/C15H14N2O4/c18-13-9-4-1-2-5-11(9)16-8-10(13)14(19)17-7-3-6-12(17)15(20)21/h1-2,4-5,8,12H,3,6-7H2,(H,16,18)(H,20,21). The van der Waals surface area contributed by atoms with Crippen LogP contribution in [0.5, 0.6) is 0 Å². The molecule has 0 radical (unpaired) electrons. The Hall–Kier alpha value is -2.63. The lowest BCUT2D eigenvalue weighted by Crippen LogP contribution is -2.42. The number of hydrogen-bond donors (Lipinski definition) is 2. The number of H-pyrrole nitrogens is 1. The molecule has 0 bridgehead atoms. The van der Waals surface area contributed by atoms with E-state index >= 15 is 0 Å². The molecule has 21 heavy (non-hydrogen) atoms. The van der Waals surface area contributed by atoms with Crippen LogP contribution in [0, 0.1) is 0 Å². The van der Waals surface area contributed by atoms with Crippen LogP contribution in [0.15, 0.2) is 35.3 Å². The van der Waals surface area contributed by atoms with Crippen molar-refractivity contribution in [2.24, 2.45) is 0 Å². The topological polar surface area (TPSA) is 90.5 Å². The van der Waals surface area contributed by atoms with E-state index in [1.54, 1.807) is 24.3 Å². The summed E-state index contributed by atoms with van der Waals surface area (Å²) in [6.07, 6.45) is 2.42. The van der Waals surface area contributed by atoms with Gasteiger partial charge in [0.05, 0.1) is 0 Å². The van der Waals surface area contributed by atoms with Gasteiger partial charge in [0.1, 0.15) is 11.6 Å². The van der Waals surface area contributed by atoms with Crippen LogP contribution in [0.2, 0.25) is 0 Å². The molecule has 0 spiro atoms. The van der Waals surface area contributed by atoms with Gasteiger partial charge in [0.15, 0.2) is 0 Å². The molecule has 6 heteroatoms. The van der Waals surface area contributed by atoms with Crippen LogP contribution in [-0.4, -0.2) is 39.5 Å². The molecule has 0 saturated carbocycles. The Morgan fingerprint density at radius 1 is 1.29 bits per heavy atom. The van der Waals surface area contributed by atoms with E-state index in [0.29, 0.717) is 30.3 Å². The number of aromatic nitrogens is 1. The zero-order valence-corrected chi connectivity index (χ0v) is 11.2. The molecule has 2 heterocycles. The van der Waals surface area contributed by atoms with Gasteiger partial charge in [0.25, 0.3) is 5.91 Å². The highest BCUT2D eigenvalue weighted by Gasteiger charge is 2.35. The van der Waals surface area contributed by atoms with Gasteiger partial charge >= 0.3 is 5.97 Å². The number of carboxylic acids is 1. The van der Waals surface area contributed by atoms with Gasteiger partial charge in [-0.05, 0) is 25.0 Å². The highest BCUT2D eigenvalue weighted by molar-refractivity contribution is 5.99. The van der Waals surface area contributed by atoms with Gasteiger partial charge in [-0.3, -0.25) is 9.59 Å². The quantitative estimate of drug-likeness (QED) is 0.868. The average molecular weight is 286 g/mol. The van der Waals surface area contributed by atoms with Crippen molar-refractivity contribution in [1.29, 1.82) is 0 Å². The van der Waals surface area contributed by atoms with Gasteiger partial charge in [0.2, 0.25) is 5.43 Å². The molecule has 3 rings (SSSR count). The number of hydrogen-bond acceptors (Lipinski definition) is 3. The van der Waals surface area contributed by atoms with Crippen molar-refractivity contribution in [1.82, 2.24) is 9.88 Å². The second-order valence-electron chi connectivity index (χ2n) is 5.07. The Labute approximate surface area is 120 Å². The van der Waals surface area contributed by atoms with Crippen molar-refractivity contribution < 1.29 is 14.7 Å². The van der Waals surface area contributed by atoms with E-state index in [0.717, 1.165) is 0 Å². The maximum Gasteiger partial charge on any atom is 0.326 e. The third-order valence-corrected chi connectivity index (χ3v) is 3.82. The van der Waals surface area contributed by atoms with Crippen LogP contribution in [0.3, 0.4) is 0 Å². The van der Waals surface area contributed by atoms with Gasteiger partial charge in [-0.25, -0.2) is 4.79 Å². The summed E-state index contributed by atoms with van der Waals surface area (Å²) in [5, 5.41) is 9.57. The molecule has 1 fully saturated rings. The average Bonchev–Trinajstić information content (AvgIpc) is 2.97. The monoisotopic (exact) mass is 286 g/mol. The first-order valence-electron chi connectivity index (χ1n) is 6.74. The van der Waals surface area contributed by atoms with E-state index in [2.05, 4.69) is 4.98 Å². The molecule has 1 aliphatic heterocycles. The highest BCUT2D eigenvalue weighted by Crippen LogP contribution is 2.20. The highest BCUT2D eigenvalue weighted by atomic mass is 16.4. The zero-order valence-electron chi connectivity index (χ0n) is 11.2. The number of nitrogens with one attached hydrogen (secondary N) is 1. The molecule has 1 aromatic carbocycles. The first-order valence-corrected chi connectivity index (χ1v) is 6.74. The van der Waals surface area contributed by atoms with Crippen molar-refractivity contribution in [3.63, 3.8) is 0 Å². The minimum absolute atomic E-state index is 0.0122. The molecule has 1 amide bonds. The van der Waals surface area contributed by atoms with Gasteiger partial charge in [-0.2, -0.15) is 0 Å². The number of para-hydroxylation sites is 1. The normalized spacial score (nSPS) is 18.1. The number of aromatic amines is 1. The second-order valence-corrected chi connectivity index (χ2v) is 5.07. The first kappa shape index (κ1) is 13.4. The summed E-state index contributed by atoms with van der Waals surface area (Å²) in [5.41, 5.74) is 0.266. The fourth-order valence-electron chi connectivity index (χ4n) is 2.75. The first-order chi connectivity index (χ1) is 10.1. The molecule has 1 aromatic heterocycles. The molecular weight excluding hydrogens is 272 g/mol. The molecule has 108 valence electrons. The number of benzene rings is 1. The summed E-state index contributed by atoms with van der Waals surface area (Å²) in [5.74, 6) is -1.55. The molecule has 1 atom stereocenters. The van der Waals surface area contributed by atoms with Crippen molar-refractivity contribution in [2.75, 3.05) is 6.54 Å². The largest absolute Gasteiger partial charge is 0.480 e. The number of nitrogens with zero attached hydrogens (tertiary/aromatic N) is 1. The van der Waals surface area contributed by atoms with Crippen LogP contribution >= 0.6 is 0 Å².